The third-order valence-corrected chi connectivity index (χ3v) is 2.42. The Labute approximate surface area is 94.8 Å². The van der Waals surface area contributed by atoms with Crippen LogP contribution in [0.3, 0.4) is 0 Å². The van der Waals surface area contributed by atoms with Gasteiger partial charge >= 0.3 is 5.97 Å². The molecule has 2 unspecified atom stereocenters. The summed E-state index contributed by atoms with van der Waals surface area (Å²) in [5, 5.41) is 8.74. The zero-order valence-corrected chi connectivity index (χ0v) is 9.80. The van der Waals surface area contributed by atoms with Crippen LogP contribution >= 0.6 is 0 Å². The smallest absolute Gasteiger partial charge is 0.304 e. The van der Waals surface area contributed by atoms with Gasteiger partial charge in [-0.15, -0.1) is 0 Å². The molecule has 90 valence electrons. The molecule has 0 fully saturated rings. The highest BCUT2D eigenvalue weighted by molar-refractivity contribution is 5.67. The highest BCUT2D eigenvalue weighted by atomic mass is 16.4. The van der Waals surface area contributed by atoms with E-state index in [0.29, 0.717) is 5.76 Å². The van der Waals surface area contributed by atoms with Crippen LogP contribution in [0.25, 0.3) is 0 Å². The Bertz CT molecular complexity index is 360. The van der Waals surface area contributed by atoms with Crippen LogP contribution in [0.15, 0.2) is 16.5 Å². The van der Waals surface area contributed by atoms with Crippen molar-refractivity contribution in [3.05, 3.63) is 23.7 Å². The van der Waals surface area contributed by atoms with Crippen LogP contribution in [0, 0.1) is 6.92 Å². The number of rotatable bonds is 5. The number of carbonyl (C=O) groups is 1. The highest BCUT2D eigenvalue weighted by Crippen LogP contribution is 2.24. The minimum absolute atomic E-state index is 0.0808. The number of hydrogen-bond donors (Lipinski definition) is 2. The molecule has 0 saturated heterocycles. The number of aryl methyl sites for hydroxylation is 1. The first kappa shape index (κ1) is 12.7. The average molecular weight is 226 g/mol. The van der Waals surface area contributed by atoms with Gasteiger partial charge in [-0.25, -0.2) is 0 Å². The third-order valence-electron chi connectivity index (χ3n) is 2.42. The molecular formula is C11H18N2O3. The molecule has 0 radical (unpaired) electrons. The van der Waals surface area contributed by atoms with Crippen LogP contribution in [0.2, 0.25) is 0 Å². The fraction of sp³-hybridized carbons (Fsp3) is 0.545. The van der Waals surface area contributed by atoms with Crippen LogP contribution in [-0.4, -0.2) is 36.1 Å². The lowest BCUT2D eigenvalue weighted by molar-refractivity contribution is -0.137. The van der Waals surface area contributed by atoms with Gasteiger partial charge in [0.05, 0.1) is 12.5 Å². The predicted molar refractivity (Wildman–Crippen MR) is 60.1 cm³/mol. The van der Waals surface area contributed by atoms with Crippen LogP contribution in [-0.2, 0) is 4.79 Å². The van der Waals surface area contributed by atoms with E-state index in [-0.39, 0.29) is 12.5 Å². The SMILES string of the molecule is Cc1ccc(C(C(N)CC(=O)O)N(C)C)o1. The monoisotopic (exact) mass is 226 g/mol. The first-order valence-corrected chi connectivity index (χ1v) is 5.12. The minimum Gasteiger partial charge on any atom is -0.481 e. The van der Waals surface area contributed by atoms with Crippen LogP contribution < -0.4 is 5.73 Å². The molecule has 0 aliphatic rings. The molecule has 0 bridgehead atoms. The molecule has 0 aliphatic heterocycles. The molecule has 0 saturated carbocycles. The van der Waals surface area contributed by atoms with E-state index in [4.69, 9.17) is 15.3 Å². The summed E-state index contributed by atoms with van der Waals surface area (Å²) in [7, 11) is 3.70. The van der Waals surface area contributed by atoms with E-state index >= 15 is 0 Å². The van der Waals surface area contributed by atoms with Crippen molar-refractivity contribution < 1.29 is 14.3 Å². The summed E-state index contributed by atoms with van der Waals surface area (Å²) in [6.07, 6.45) is -0.0808. The van der Waals surface area contributed by atoms with Crippen LogP contribution in [0.5, 0.6) is 0 Å². The molecule has 1 heterocycles. The number of carboxylic acids is 1. The number of hydrogen-bond acceptors (Lipinski definition) is 4. The topological polar surface area (TPSA) is 79.7 Å². The number of furan rings is 1. The lowest BCUT2D eigenvalue weighted by Gasteiger charge is -2.27. The molecule has 0 spiro atoms. The number of aliphatic carboxylic acids is 1. The molecule has 5 nitrogen and oxygen atoms in total. The Morgan fingerprint density at radius 1 is 1.56 bits per heavy atom. The predicted octanol–water partition coefficient (Wildman–Crippen LogP) is 0.993. The first-order chi connectivity index (χ1) is 7.41. The first-order valence-electron chi connectivity index (χ1n) is 5.12. The molecule has 5 heteroatoms. The number of likely N-dealkylation sites (N-methyl/N-ethyl adjacent to an activating group) is 1. The van der Waals surface area contributed by atoms with E-state index in [0.717, 1.165) is 5.76 Å². The summed E-state index contributed by atoms with van der Waals surface area (Å²) >= 11 is 0. The van der Waals surface area contributed by atoms with Crippen molar-refractivity contribution in [2.24, 2.45) is 5.73 Å². The van der Waals surface area contributed by atoms with Crippen molar-refractivity contribution in [3.8, 4) is 0 Å². The summed E-state index contributed by atoms with van der Waals surface area (Å²) in [4.78, 5) is 12.5. The largest absolute Gasteiger partial charge is 0.481 e. The van der Waals surface area contributed by atoms with Gasteiger partial charge in [0.25, 0.3) is 0 Å². The van der Waals surface area contributed by atoms with Crippen molar-refractivity contribution in [1.29, 1.82) is 0 Å². The van der Waals surface area contributed by atoms with Crippen molar-refractivity contribution in [3.63, 3.8) is 0 Å². The minimum atomic E-state index is -0.900. The maximum Gasteiger partial charge on any atom is 0.304 e. The Morgan fingerprint density at radius 2 is 2.19 bits per heavy atom. The third kappa shape index (κ3) is 3.08. The van der Waals surface area contributed by atoms with Gasteiger partial charge in [-0.1, -0.05) is 0 Å². The standard InChI is InChI=1S/C11H18N2O3/c1-7-4-5-9(16-7)11(13(2)3)8(12)6-10(14)15/h4-5,8,11H,6,12H2,1-3H3,(H,14,15). The molecule has 3 N–H and O–H groups in total. The Morgan fingerprint density at radius 3 is 2.56 bits per heavy atom. The summed E-state index contributed by atoms with van der Waals surface area (Å²) in [5.74, 6) is 0.600. The van der Waals surface area contributed by atoms with Crippen molar-refractivity contribution in [1.82, 2.24) is 4.90 Å². The Hall–Kier alpha value is -1.33. The maximum absolute atomic E-state index is 10.6. The fourth-order valence-corrected chi connectivity index (χ4v) is 1.77. The maximum atomic E-state index is 10.6. The van der Waals surface area contributed by atoms with Crippen LogP contribution in [0.4, 0.5) is 0 Å². The Kier molecular flexibility index (Phi) is 4.09. The van der Waals surface area contributed by atoms with E-state index in [1.54, 1.807) is 0 Å². The molecular weight excluding hydrogens is 208 g/mol. The lowest BCUT2D eigenvalue weighted by atomic mass is 10.0. The number of nitrogens with zero attached hydrogens (tertiary/aromatic N) is 1. The summed E-state index contributed by atoms with van der Waals surface area (Å²) < 4.78 is 5.50. The lowest BCUT2D eigenvalue weighted by Crippen LogP contribution is -2.38. The second-order valence-electron chi connectivity index (χ2n) is 4.12. The highest BCUT2D eigenvalue weighted by Gasteiger charge is 2.26. The molecule has 16 heavy (non-hydrogen) atoms. The van der Waals surface area contributed by atoms with Gasteiger partial charge in [-0.3, -0.25) is 9.69 Å². The van der Waals surface area contributed by atoms with E-state index in [1.807, 2.05) is 38.1 Å². The van der Waals surface area contributed by atoms with E-state index in [9.17, 15) is 4.79 Å². The molecule has 1 rings (SSSR count). The summed E-state index contributed by atoms with van der Waals surface area (Å²) in [6.45, 7) is 1.85. The van der Waals surface area contributed by atoms with Crippen molar-refractivity contribution >= 4 is 5.97 Å². The van der Waals surface area contributed by atoms with Gasteiger partial charge in [0, 0.05) is 6.04 Å². The molecule has 1 aromatic rings. The van der Waals surface area contributed by atoms with E-state index in [1.165, 1.54) is 0 Å². The second kappa shape index (κ2) is 5.14. The van der Waals surface area contributed by atoms with E-state index < -0.39 is 12.0 Å². The molecule has 0 aromatic carbocycles. The zero-order valence-electron chi connectivity index (χ0n) is 9.80. The quantitative estimate of drug-likeness (QED) is 0.782. The molecule has 0 amide bonds. The van der Waals surface area contributed by atoms with Crippen LogP contribution in [0.1, 0.15) is 24.0 Å². The average Bonchev–Trinajstić information content (AvgIpc) is 2.49. The van der Waals surface area contributed by atoms with Gasteiger partial charge in [0.15, 0.2) is 0 Å². The number of carboxylic acid groups (broad SMARTS) is 1. The van der Waals surface area contributed by atoms with Gasteiger partial charge in [-0.2, -0.15) is 0 Å². The van der Waals surface area contributed by atoms with E-state index in [2.05, 4.69) is 0 Å². The zero-order chi connectivity index (χ0) is 12.3. The summed E-state index contributed by atoms with van der Waals surface area (Å²) in [6, 6.07) is 2.98. The van der Waals surface area contributed by atoms with Gasteiger partial charge in [0.1, 0.15) is 11.5 Å². The van der Waals surface area contributed by atoms with Gasteiger partial charge < -0.3 is 15.3 Å². The van der Waals surface area contributed by atoms with Gasteiger partial charge in [-0.05, 0) is 33.2 Å². The molecule has 0 aliphatic carbocycles. The number of nitrogens with two attached hydrogens (primary N) is 1. The van der Waals surface area contributed by atoms with Gasteiger partial charge in [0.2, 0.25) is 0 Å². The van der Waals surface area contributed by atoms with Crippen molar-refractivity contribution in [2.75, 3.05) is 14.1 Å². The Balaban J connectivity index is 2.86. The fourth-order valence-electron chi connectivity index (χ4n) is 1.77. The normalized spacial score (nSPS) is 15.1. The van der Waals surface area contributed by atoms with Crippen molar-refractivity contribution in [2.45, 2.75) is 25.4 Å². The molecule has 1 aromatic heterocycles. The molecule has 2 atom stereocenters. The summed E-state index contributed by atoms with van der Waals surface area (Å²) in [5.41, 5.74) is 5.88. The second-order valence-corrected chi connectivity index (χ2v) is 4.12.